The Morgan fingerprint density at radius 1 is 0.632 bits per heavy atom. The lowest BCUT2D eigenvalue weighted by Gasteiger charge is -2.46. The van der Waals surface area contributed by atoms with E-state index in [2.05, 4.69) is 55.6 Å². The summed E-state index contributed by atoms with van der Waals surface area (Å²) >= 11 is 0. The van der Waals surface area contributed by atoms with Gasteiger partial charge in [-0.25, -0.2) is 0 Å². The summed E-state index contributed by atoms with van der Waals surface area (Å²) < 4.78 is 22.5. The molecule has 2 saturated heterocycles. The lowest BCUT2D eigenvalue weighted by Crippen LogP contribution is -2.65. The van der Waals surface area contributed by atoms with Gasteiger partial charge in [0.05, 0.1) is 32.0 Å². The molecule has 2 aliphatic rings. The van der Waals surface area contributed by atoms with Crippen molar-refractivity contribution >= 4 is 5.91 Å². The Kier molecular flexibility index (Phi) is 28.1. The summed E-state index contributed by atoms with van der Waals surface area (Å²) in [7, 11) is 0. The van der Waals surface area contributed by atoms with Crippen LogP contribution in [-0.4, -0.2) is 140 Å². The minimum atomic E-state index is -1.78. The molecule has 2 fully saturated rings. The number of nitrogens with one attached hydrogen (secondary N) is 1. The second-order valence-electron chi connectivity index (χ2n) is 15.5. The van der Waals surface area contributed by atoms with E-state index in [1.807, 2.05) is 0 Å². The number of unbranched alkanes of at least 4 members (excludes halogenated alkanes) is 12. The first kappa shape index (κ1) is 51.4. The van der Waals surface area contributed by atoms with Crippen LogP contribution in [0.1, 0.15) is 136 Å². The molecular formula is C43H77NO13. The van der Waals surface area contributed by atoms with Crippen molar-refractivity contribution in [1.29, 1.82) is 0 Å². The van der Waals surface area contributed by atoms with Crippen molar-refractivity contribution < 1.29 is 64.6 Å². The molecule has 0 aromatic carbocycles. The Morgan fingerprint density at radius 2 is 1.16 bits per heavy atom. The third kappa shape index (κ3) is 19.9. The highest BCUT2D eigenvalue weighted by Crippen LogP contribution is 2.30. The van der Waals surface area contributed by atoms with Crippen molar-refractivity contribution in [2.45, 2.75) is 209 Å². The fourth-order valence-electron chi connectivity index (χ4n) is 6.95. The number of aliphatic hydroxyl groups is 8. The average molecular weight is 816 g/mol. The van der Waals surface area contributed by atoms with Crippen molar-refractivity contribution in [3.8, 4) is 0 Å². The second kappa shape index (κ2) is 31.1. The molecule has 14 nitrogen and oxygen atoms in total. The largest absolute Gasteiger partial charge is 0.394 e. The number of amides is 1. The first-order valence-electron chi connectivity index (χ1n) is 21.7. The van der Waals surface area contributed by atoms with E-state index in [0.717, 1.165) is 77.0 Å². The molecule has 0 spiro atoms. The van der Waals surface area contributed by atoms with Crippen LogP contribution in [0.3, 0.4) is 0 Å². The van der Waals surface area contributed by atoms with E-state index in [-0.39, 0.29) is 18.9 Å². The van der Waals surface area contributed by atoms with E-state index < -0.39 is 86.8 Å². The highest BCUT2D eigenvalue weighted by Gasteiger charge is 2.50. The molecular weight excluding hydrogens is 738 g/mol. The smallest absolute Gasteiger partial charge is 0.220 e. The van der Waals surface area contributed by atoms with Gasteiger partial charge in [0.15, 0.2) is 12.6 Å². The van der Waals surface area contributed by atoms with Gasteiger partial charge < -0.3 is 65.1 Å². The van der Waals surface area contributed by atoms with Gasteiger partial charge in [-0.15, -0.1) is 0 Å². The molecule has 2 aliphatic heterocycles. The van der Waals surface area contributed by atoms with Crippen LogP contribution in [0, 0.1) is 0 Å². The Labute approximate surface area is 341 Å². The zero-order valence-electron chi connectivity index (χ0n) is 34.6. The average Bonchev–Trinajstić information content (AvgIpc) is 3.21. The number of hydrogen-bond acceptors (Lipinski definition) is 13. The molecule has 0 bridgehead atoms. The van der Waals surface area contributed by atoms with Gasteiger partial charge in [-0.05, 0) is 51.4 Å². The first-order chi connectivity index (χ1) is 27.6. The molecule has 9 N–H and O–H groups in total. The monoisotopic (exact) mass is 816 g/mol. The van der Waals surface area contributed by atoms with Gasteiger partial charge in [0, 0.05) is 6.42 Å². The molecule has 57 heavy (non-hydrogen) atoms. The fraction of sp³-hybridized carbons (Fsp3) is 0.837. The van der Waals surface area contributed by atoms with Crippen molar-refractivity contribution in [2.24, 2.45) is 0 Å². The predicted octanol–water partition coefficient (Wildman–Crippen LogP) is 3.59. The summed E-state index contributed by atoms with van der Waals surface area (Å²) in [5.41, 5.74) is 0. The lowest BCUT2D eigenvalue weighted by molar-refractivity contribution is -0.359. The highest BCUT2D eigenvalue weighted by molar-refractivity contribution is 5.76. The number of hydrogen-bond donors (Lipinski definition) is 9. The predicted molar refractivity (Wildman–Crippen MR) is 217 cm³/mol. The number of carbonyl (C=O) groups excluding carboxylic acids is 1. The summed E-state index contributed by atoms with van der Waals surface area (Å²) in [6.07, 6.45) is 15.2. The van der Waals surface area contributed by atoms with Crippen molar-refractivity contribution in [3.63, 3.8) is 0 Å². The Hall–Kier alpha value is -1.79. The fourth-order valence-corrected chi connectivity index (χ4v) is 6.95. The van der Waals surface area contributed by atoms with E-state index in [1.165, 1.54) is 25.7 Å². The summed E-state index contributed by atoms with van der Waals surface area (Å²) in [6, 6.07) is -0.830. The van der Waals surface area contributed by atoms with E-state index >= 15 is 0 Å². The second-order valence-corrected chi connectivity index (χ2v) is 15.5. The third-order valence-electron chi connectivity index (χ3n) is 10.6. The van der Waals surface area contributed by atoms with Crippen LogP contribution in [0.2, 0.25) is 0 Å². The van der Waals surface area contributed by atoms with Gasteiger partial charge in [0.2, 0.25) is 5.91 Å². The van der Waals surface area contributed by atoms with Gasteiger partial charge in [0.25, 0.3) is 0 Å². The molecule has 0 aliphatic carbocycles. The SMILES string of the molecule is CCCCC/C=C\C/C=C\C/C=C\CCCCCCCCC(=O)NC(COC1OC(CO)C(OC2OC(CO)C(O)C(O)C2O)C(O)C1O)C(O)CCCCCC. The van der Waals surface area contributed by atoms with Gasteiger partial charge in [-0.1, -0.05) is 115 Å². The Morgan fingerprint density at radius 3 is 1.79 bits per heavy atom. The summed E-state index contributed by atoms with van der Waals surface area (Å²) in [5, 5.41) is 85.9. The first-order valence-corrected chi connectivity index (χ1v) is 21.7. The number of ether oxygens (including phenoxy) is 4. The maximum absolute atomic E-state index is 13.0. The molecule has 0 aromatic heterocycles. The van der Waals surface area contributed by atoms with Crippen LogP contribution >= 0.6 is 0 Å². The van der Waals surface area contributed by atoms with Gasteiger partial charge in [0.1, 0.15) is 48.8 Å². The highest BCUT2D eigenvalue weighted by atomic mass is 16.7. The van der Waals surface area contributed by atoms with Gasteiger partial charge >= 0.3 is 0 Å². The molecule has 12 unspecified atom stereocenters. The zero-order valence-corrected chi connectivity index (χ0v) is 34.6. The van der Waals surface area contributed by atoms with E-state index in [0.29, 0.717) is 12.8 Å². The number of carbonyl (C=O) groups is 1. The van der Waals surface area contributed by atoms with Crippen molar-refractivity contribution in [3.05, 3.63) is 36.5 Å². The van der Waals surface area contributed by atoms with E-state index in [9.17, 15) is 45.6 Å². The standard InChI is InChI=1S/C43H77NO13/c1-3-5-7-9-10-11-12-13-14-15-16-17-18-19-20-21-22-23-25-27-35(48)44-31(32(47)26-24-8-6-4-2)30-54-42-40(53)38(51)41(34(29-46)56-42)57-43-39(52)37(50)36(49)33(28-45)55-43/h10-11,13-14,16-17,31-34,36-43,45-47,49-53H,3-9,12,15,18-30H2,1-2H3,(H,44,48)/b11-10-,14-13-,17-16-. The van der Waals surface area contributed by atoms with Crippen LogP contribution in [0.25, 0.3) is 0 Å². The molecule has 0 saturated carbocycles. The maximum Gasteiger partial charge on any atom is 0.220 e. The summed E-state index contributed by atoms with van der Waals surface area (Å²) in [5.74, 6) is -0.232. The topological polar surface area (TPSA) is 228 Å². The summed E-state index contributed by atoms with van der Waals surface area (Å²) in [4.78, 5) is 13.0. The molecule has 0 aromatic rings. The number of aliphatic hydroxyl groups excluding tert-OH is 8. The van der Waals surface area contributed by atoms with Crippen molar-refractivity contribution in [1.82, 2.24) is 5.32 Å². The van der Waals surface area contributed by atoms with Crippen LogP contribution in [0.5, 0.6) is 0 Å². The quantitative estimate of drug-likeness (QED) is 0.0361. The molecule has 14 heteroatoms. The third-order valence-corrected chi connectivity index (χ3v) is 10.6. The van der Waals surface area contributed by atoms with Crippen molar-refractivity contribution in [2.75, 3.05) is 19.8 Å². The van der Waals surface area contributed by atoms with E-state index in [4.69, 9.17) is 18.9 Å². The van der Waals surface area contributed by atoms with Gasteiger partial charge in [-0.3, -0.25) is 4.79 Å². The van der Waals surface area contributed by atoms with Crippen LogP contribution < -0.4 is 5.32 Å². The van der Waals surface area contributed by atoms with Crippen LogP contribution in [0.15, 0.2) is 36.5 Å². The number of rotatable bonds is 31. The molecule has 1 amide bonds. The molecule has 332 valence electrons. The molecule has 0 radical (unpaired) electrons. The minimum absolute atomic E-state index is 0.232. The van der Waals surface area contributed by atoms with Gasteiger partial charge in [-0.2, -0.15) is 0 Å². The number of allylic oxidation sites excluding steroid dienone is 6. The zero-order chi connectivity index (χ0) is 41.8. The minimum Gasteiger partial charge on any atom is -0.394 e. The van der Waals surface area contributed by atoms with E-state index in [1.54, 1.807) is 0 Å². The molecule has 2 heterocycles. The van der Waals surface area contributed by atoms with Crippen LogP contribution in [-0.2, 0) is 23.7 Å². The molecule has 2 rings (SSSR count). The molecule has 12 atom stereocenters. The van der Waals surface area contributed by atoms with Crippen LogP contribution in [0.4, 0.5) is 0 Å². The normalized spacial score (nSPS) is 29.4. The Bertz CT molecular complexity index is 1100. The maximum atomic E-state index is 13.0. The summed E-state index contributed by atoms with van der Waals surface area (Å²) in [6.45, 7) is 2.64. The Balaban J connectivity index is 1.77. The lowest BCUT2D eigenvalue weighted by atomic mass is 9.97.